The molecule has 10 atom stereocenters. The summed E-state index contributed by atoms with van der Waals surface area (Å²) >= 11 is 0. The lowest BCUT2D eigenvalue weighted by Crippen LogP contribution is -2.60. The molecule has 4 aliphatic carbocycles. The second-order valence-electron chi connectivity index (χ2n) is 13.5. The molecule has 210 valence electrons. The Bertz CT molecular complexity index is 1170. The Hall–Kier alpha value is -1.53. The lowest BCUT2D eigenvalue weighted by Gasteiger charge is -2.63. The summed E-state index contributed by atoms with van der Waals surface area (Å²) < 4.78 is 40.1. The summed E-state index contributed by atoms with van der Waals surface area (Å²) in [6, 6.07) is 2.56. The molecule has 38 heavy (non-hydrogen) atoms. The maximum absolute atomic E-state index is 14.2. The van der Waals surface area contributed by atoms with Crippen molar-refractivity contribution in [1.29, 1.82) is 0 Å². The van der Waals surface area contributed by atoms with Gasteiger partial charge in [0.15, 0.2) is 23.1 Å². The van der Waals surface area contributed by atoms with E-state index in [2.05, 4.69) is 25.8 Å². The van der Waals surface area contributed by atoms with Crippen LogP contribution in [0, 0.1) is 58.0 Å². The summed E-state index contributed by atoms with van der Waals surface area (Å²) in [5.41, 5.74) is 0.818. The van der Waals surface area contributed by atoms with Crippen molar-refractivity contribution in [3.05, 3.63) is 29.7 Å². The van der Waals surface area contributed by atoms with E-state index in [4.69, 9.17) is 9.15 Å². The Kier molecular flexibility index (Phi) is 6.90. The molecule has 4 aliphatic rings. The van der Waals surface area contributed by atoms with E-state index >= 15 is 0 Å². The van der Waals surface area contributed by atoms with Crippen molar-refractivity contribution in [3.8, 4) is 0 Å². The number of oxazole rings is 1. The molecule has 1 aromatic heterocycles. The summed E-state index contributed by atoms with van der Waals surface area (Å²) in [5, 5.41) is 10.4. The lowest BCUT2D eigenvalue weighted by atomic mass is 9.43. The van der Waals surface area contributed by atoms with Gasteiger partial charge in [-0.15, -0.1) is 0 Å². The largest absolute Gasteiger partial charge is 0.441 e. The van der Waals surface area contributed by atoms with Crippen molar-refractivity contribution in [2.45, 2.75) is 104 Å². The van der Waals surface area contributed by atoms with Gasteiger partial charge in [0.2, 0.25) is 0 Å². The number of rotatable bonds is 6. The standard InChI is InChI=1S/C32H45F2NO3/c1-5-32-22(18(2)6-13-28-35-30-26(38-28)12-11-25(33)29(30)34)9-10-23(32)21-8-7-19-16-20(36)14-15-31(19,3)24(21)17-27(32)37-4/h11-12,18-24,27,36H,5-10,13-17H2,1-4H3/t18?,19-,20-,21+,22-,23+,24+,27+,31+,32-/m1/s1. The first-order valence-corrected chi connectivity index (χ1v) is 15.2. The summed E-state index contributed by atoms with van der Waals surface area (Å²) in [4.78, 5) is 4.30. The highest BCUT2D eigenvalue weighted by Gasteiger charge is 2.65. The van der Waals surface area contributed by atoms with Crippen LogP contribution in [0.2, 0.25) is 0 Å². The van der Waals surface area contributed by atoms with Crippen LogP contribution < -0.4 is 0 Å². The lowest BCUT2D eigenvalue weighted by molar-refractivity contribution is -0.190. The number of hydrogen-bond acceptors (Lipinski definition) is 4. The van der Waals surface area contributed by atoms with Crippen molar-refractivity contribution >= 4 is 11.1 Å². The minimum Gasteiger partial charge on any atom is -0.441 e. The topological polar surface area (TPSA) is 55.5 Å². The van der Waals surface area contributed by atoms with Gasteiger partial charge >= 0.3 is 0 Å². The van der Waals surface area contributed by atoms with Gasteiger partial charge in [-0.3, -0.25) is 0 Å². The first-order chi connectivity index (χ1) is 18.2. The van der Waals surface area contributed by atoms with Crippen LogP contribution in [-0.4, -0.2) is 29.4 Å². The summed E-state index contributed by atoms with van der Waals surface area (Å²) in [5.74, 6) is 2.49. The highest BCUT2D eigenvalue weighted by Crippen LogP contribution is 2.69. The average molecular weight is 530 g/mol. The fraction of sp³-hybridized carbons (Fsp3) is 0.781. The molecule has 4 saturated carbocycles. The zero-order valence-electron chi connectivity index (χ0n) is 23.5. The number of halogens is 2. The Morgan fingerprint density at radius 2 is 1.95 bits per heavy atom. The smallest absolute Gasteiger partial charge is 0.195 e. The second kappa shape index (κ2) is 9.83. The molecule has 0 aliphatic heterocycles. The van der Waals surface area contributed by atoms with Crippen LogP contribution in [-0.2, 0) is 11.2 Å². The summed E-state index contributed by atoms with van der Waals surface area (Å²) in [6.45, 7) is 7.29. The molecule has 4 nitrogen and oxygen atoms in total. The predicted octanol–water partition coefficient (Wildman–Crippen LogP) is 7.71. The van der Waals surface area contributed by atoms with E-state index < -0.39 is 11.6 Å². The maximum Gasteiger partial charge on any atom is 0.195 e. The molecule has 1 aromatic carbocycles. The van der Waals surface area contributed by atoms with Crippen molar-refractivity contribution < 1.29 is 23.0 Å². The second-order valence-corrected chi connectivity index (χ2v) is 13.5. The molecule has 6 rings (SSSR count). The summed E-state index contributed by atoms with van der Waals surface area (Å²) in [6.07, 6.45) is 12.1. The van der Waals surface area contributed by atoms with E-state index in [1.807, 2.05) is 7.11 Å². The Balaban J connectivity index is 1.23. The number of aryl methyl sites for hydroxylation is 1. The van der Waals surface area contributed by atoms with E-state index in [9.17, 15) is 13.9 Å². The Labute approximate surface area is 225 Å². The monoisotopic (exact) mass is 529 g/mol. The van der Waals surface area contributed by atoms with Gasteiger partial charge in [0, 0.05) is 18.9 Å². The number of fused-ring (bicyclic) bond motifs is 6. The fourth-order valence-corrected chi connectivity index (χ4v) is 10.6. The van der Waals surface area contributed by atoms with Crippen molar-refractivity contribution in [2.75, 3.05) is 7.11 Å². The third-order valence-corrected chi connectivity index (χ3v) is 12.4. The molecule has 0 amide bonds. The minimum atomic E-state index is -0.926. The van der Waals surface area contributed by atoms with E-state index in [1.165, 1.54) is 31.7 Å². The molecule has 0 saturated heterocycles. The van der Waals surface area contributed by atoms with Crippen LogP contribution in [0.5, 0.6) is 0 Å². The molecular weight excluding hydrogens is 484 g/mol. The normalized spacial score (nSPS) is 41.5. The molecule has 0 bridgehead atoms. The average Bonchev–Trinajstić information content (AvgIpc) is 3.52. The maximum atomic E-state index is 14.2. The fourth-order valence-electron chi connectivity index (χ4n) is 10.6. The Morgan fingerprint density at radius 1 is 1.13 bits per heavy atom. The van der Waals surface area contributed by atoms with E-state index in [0.717, 1.165) is 50.5 Å². The van der Waals surface area contributed by atoms with Gasteiger partial charge in [0.05, 0.1) is 12.2 Å². The highest BCUT2D eigenvalue weighted by molar-refractivity contribution is 5.73. The molecule has 1 N–H and O–H groups in total. The Morgan fingerprint density at radius 3 is 2.71 bits per heavy atom. The number of aliphatic hydroxyl groups excluding tert-OH is 1. The van der Waals surface area contributed by atoms with Crippen molar-refractivity contribution in [1.82, 2.24) is 4.98 Å². The number of benzene rings is 1. The molecule has 1 unspecified atom stereocenters. The van der Waals surface area contributed by atoms with Gasteiger partial charge in [-0.2, -0.15) is 0 Å². The van der Waals surface area contributed by atoms with Gasteiger partial charge in [-0.05, 0) is 117 Å². The van der Waals surface area contributed by atoms with Crippen LogP contribution >= 0.6 is 0 Å². The number of hydrogen-bond donors (Lipinski definition) is 1. The number of aromatic nitrogens is 1. The van der Waals surface area contributed by atoms with E-state index in [-0.39, 0.29) is 23.1 Å². The molecule has 6 heteroatoms. The molecular formula is C32H45F2NO3. The third-order valence-electron chi connectivity index (χ3n) is 12.4. The molecule has 1 heterocycles. The predicted molar refractivity (Wildman–Crippen MR) is 143 cm³/mol. The number of ether oxygens (including phenoxy) is 1. The van der Waals surface area contributed by atoms with Crippen LogP contribution in [0.4, 0.5) is 8.78 Å². The number of methoxy groups -OCH3 is 1. The third kappa shape index (κ3) is 3.90. The van der Waals surface area contributed by atoms with Gasteiger partial charge in [-0.1, -0.05) is 20.8 Å². The van der Waals surface area contributed by atoms with Crippen molar-refractivity contribution in [2.24, 2.45) is 46.3 Å². The SMILES string of the molecule is CC[C@]12[C@@H](OC)C[C@H]3[C@@H](CC[C@@H]4C[C@H](O)CC[C@@]43C)[C@@H]1CC[C@@H]2C(C)CCc1nc2c(F)c(F)ccc2o1. The van der Waals surface area contributed by atoms with E-state index in [0.29, 0.717) is 52.9 Å². The van der Waals surface area contributed by atoms with Crippen molar-refractivity contribution in [3.63, 3.8) is 0 Å². The van der Waals surface area contributed by atoms with Crippen LogP contribution in [0.1, 0.15) is 90.9 Å². The zero-order valence-corrected chi connectivity index (χ0v) is 23.5. The van der Waals surface area contributed by atoms with Gasteiger partial charge in [0.25, 0.3) is 0 Å². The first kappa shape index (κ1) is 26.7. The van der Waals surface area contributed by atoms with Crippen LogP contribution in [0.25, 0.3) is 11.1 Å². The minimum absolute atomic E-state index is 0.00397. The quantitative estimate of drug-likeness (QED) is 0.416. The number of nitrogens with zero attached hydrogens (tertiary/aromatic N) is 1. The van der Waals surface area contributed by atoms with Gasteiger partial charge in [-0.25, -0.2) is 13.8 Å². The highest BCUT2D eigenvalue weighted by atomic mass is 19.2. The first-order valence-electron chi connectivity index (χ1n) is 15.2. The van der Waals surface area contributed by atoms with Gasteiger partial charge in [0.1, 0.15) is 5.52 Å². The zero-order chi connectivity index (χ0) is 26.8. The summed E-state index contributed by atoms with van der Waals surface area (Å²) in [7, 11) is 1.93. The van der Waals surface area contributed by atoms with Gasteiger partial charge < -0.3 is 14.3 Å². The number of aliphatic hydroxyl groups is 1. The van der Waals surface area contributed by atoms with Crippen LogP contribution in [0.15, 0.2) is 16.5 Å². The van der Waals surface area contributed by atoms with Crippen LogP contribution in [0.3, 0.4) is 0 Å². The molecule has 4 fully saturated rings. The molecule has 2 aromatic rings. The van der Waals surface area contributed by atoms with E-state index in [1.54, 1.807) is 0 Å². The molecule has 0 radical (unpaired) electrons. The molecule has 0 spiro atoms.